The van der Waals surface area contributed by atoms with Crippen molar-refractivity contribution >= 4 is 38.6 Å². The average molecular weight is 449 g/mol. The number of hydrogen-bond donors (Lipinski definition) is 2. The van der Waals surface area contributed by atoms with Gasteiger partial charge in [-0.15, -0.1) is 10.2 Å². The van der Waals surface area contributed by atoms with Gasteiger partial charge in [0.05, 0.1) is 28.2 Å². The predicted molar refractivity (Wildman–Crippen MR) is 123 cm³/mol. The standard InChI is InChI=1S/C22H20N6O3S/c1-16(24-26-18-11-13-19(14-12-18)32(29,30)31)25-27-22-23-20-9-5-6-10-21(20)28(22)15-17-7-3-2-4-8-17/h2-14,26H,15H2,1H3,(H,29,30,31)/b24-16+,27-25?. The molecular formula is C22H20N6O3S. The monoisotopic (exact) mass is 448 g/mol. The second-order valence-corrected chi connectivity index (χ2v) is 8.36. The molecule has 0 aliphatic rings. The minimum atomic E-state index is -4.23. The lowest BCUT2D eigenvalue weighted by Crippen LogP contribution is -2.00. The molecule has 0 atom stereocenters. The molecule has 0 saturated carbocycles. The van der Waals surface area contributed by atoms with Gasteiger partial charge in [0.15, 0.2) is 5.84 Å². The first-order valence-electron chi connectivity index (χ1n) is 9.69. The van der Waals surface area contributed by atoms with Crippen LogP contribution in [0.5, 0.6) is 0 Å². The van der Waals surface area contributed by atoms with E-state index in [0.717, 1.165) is 16.6 Å². The lowest BCUT2D eigenvalue weighted by Gasteiger charge is -2.06. The predicted octanol–water partition coefficient (Wildman–Crippen LogP) is 4.86. The number of amidine groups is 1. The highest BCUT2D eigenvalue weighted by atomic mass is 32.2. The molecule has 0 bridgehead atoms. The lowest BCUT2D eigenvalue weighted by molar-refractivity contribution is 0.483. The minimum absolute atomic E-state index is 0.194. The summed E-state index contributed by atoms with van der Waals surface area (Å²) >= 11 is 0. The van der Waals surface area contributed by atoms with E-state index in [2.05, 4.69) is 25.7 Å². The van der Waals surface area contributed by atoms with Crippen molar-refractivity contribution in [2.45, 2.75) is 18.4 Å². The van der Waals surface area contributed by atoms with Gasteiger partial charge in [-0.2, -0.15) is 13.5 Å². The van der Waals surface area contributed by atoms with Gasteiger partial charge in [-0.25, -0.2) is 4.98 Å². The topological polar surface area (TPSA) is 121 Å². The average Bonchev–Trinajstić information content (AvgIpc) is 3.14. The maximum atomic E-state index is 11.1. The third kappa shape index (κ3) is 5.05. The zero-order valence-electron chi connectivity index (χ0n) is 17.1. The van der Waals surface area contributed by atoms with Gasteiger partial charge < -0.3 is 4.57 Å². The first kappa shape index (κ1) is 21.3. The lowest BCUT2D eigenvalue weighted by atomic mass is 10.2. The smallest absolute Gasteiger partial charge is 0.294 e. The third-order valence-corrected chi connectivity index (χ3v) is 5.47. The van der Waals surface area contributed by atoms with Crippen molar-refractivity contribution < 1.29 is 13.0 Å². The Morgan fingerprint density at radius 3 is 2.41 bits per heavy atom. The fourth-order valence-corrected chi connectivity index (χ4v) is 3.53. The van der Waals surface area contributed by atoms with Crippen LogP contribution in [0, 0.1) is 0 Å². The quantitative estimate of drug-likeness (QED) is 0.143. The Balaban J connectivity index is 1.54. The van der Waals surface area contributed by atoms with E-state index >= 15 is 0 Å². The van der Waals surface area contributed by atoms with Gasteiger partial charge in [-0.05, 0) is 48.9 Å². The summed E-state index contributed by atoms with van der Waals surface area (Å²) in [6, 6.07) is 23.3. The van der Waals surface area contributed by atoms with E-state index in [-0.39, 0.29) is 4.90 Å². The molecule has 0 unspecified atom stereocenters. The molecule has 1 aromatic heterocycles. The molecule has 0 fully saturated rings. The molecule has 4 rings (SSSR count). The van der Waals surface area contributed by atoms with E-state index in [1.807, 2.05) is 59.2 Å². The SMILES string of the molecule is C/C(N=Nc1nc2ccccc2n1Cc1ccccc1)=N\Nc1ccc(S(=O)(=O)O)cc1. The summed E-state index contributed by atoms with van der Waals surface area (Å²) in [5.74, 6) is 0.810. The highest BCUT2D eigenvalue weighted by Crippen LogP contribution is 2.23. The third-order valence-electron chi connectivity index (χ3n) is 4.60. The van der Waals surface area contributed by atoms with Crippen molar-refractivity contribution in [1.82, 2.24) is 9.55 Å². The molecule has 2 N–H and O–H groups in total. The van der Waals surface area contributed by atoms with E-state index in [4.69, 9.17) is 4.55 Å². The Morgan fingerprint density at radius 1 is 1.00 bits per heavy atom. The molecule has 0 saturated heterocycles. The van der Waals surface area contributed by atoms with E-state index in [0.29, 0.717) is 24.0 Å². The zero-order valence-corrected chi connectivity index (χ0v) is 17.9. The normalized spacial score (nSPS) is 12.5. The van der Waals surface area contributed by atoms with Gasteiger partial charge >= 0.3 is 0 Å². The Kier molecular flexibility index (Phi) is 6.06. The summed E-state index contributed by atoms with van der Waals surface area (Å²) in [5, 5.41) is 12.6. The number of nitrogens with one attached hydrogen (secondary N) is 1. The number of fused-ring (bicyclic) bond motifs is 1. The summed E-state index contributed by atoms with van der Waals surface area (Å²) in [6.45, 7) is 2.28. The van der Waals surface area contributed by atoms with Crippen molar-refractivity contribution in [3.63, 3.8) is 0 Å². The summed E-state index contributed by atoms with van der Waals surface area (Å²) < 4.78 is 33.2. The number of aromatic nitrogens is 2. The van der Waals surface area contributed by atoms with Crippen LogP contribution in [-0.4, -0.2) is 28.4 Å². The first-order chi connectivity index (χ1) is 15.4. The molecule has 0 radical (unpaired) electrons. The van der Waals surface area contributed by atoms with Gasteiger partial charge in [-0.1, -0.05) is 42.5 Å². The second-order valence-electron chi connectivity index (χ2n) is 6.94. The number of nitrogens with zero attached hydrogens (tertiary/aromatic N) is 5. The van der Waals surface area contributed by atoms with Crippen molar-refractivity contribution in [2.24, 2.45) is 15.3 Å². The number of rotatable bonds is 6. The van der Waals surface area contributed by atoms with Crippen LogP contribution in [0.3, 0.4) is 0 Å². The maximum Gasteiger partial charge on any atom is 0.294 e. The first-order valence-corrected chi connectivity index (χ1v) is 11.1. The summed E-state index contributed by atoms with van der Waals surface area (Å²) in [5.41, 5.74) is 6.20. The van der Waals surface area contributed by atoms with E-state index in [9.17, 15) is 8.42 Å². The van der Waals surface area contributed by atoms with Crippen LogP contribution in [0.1, 0.15) is 12.5 Å². The van der Waals surface area contributed by atoms with E-state index < -0.39 is 10.1 Å². The Labute approximate surface area is 184 Å². The largest absolute Gasteiger partial charge is 0.303 e. The van der Waals surface area contributed by atoms with Crippen LogP contribution < -0.4 is 5.43 Å². The molecule has 0 amide bonds. The van der Waals surface area contributed by atoms with Crippen molar-refractivity contribution in [1.29, 1.82) is 0 Å². The fourth-order valence-electron chi connectivity index (χ4n) is 3.05. The van der Waals surface area contributed by atoms with Crippen molar-refractivity contribution in [3.8, 4) is 0 Å². The summed E-state index contributed by atoms with van der Waals surface area (Å²) in [4.78, 5) is 4.38. The molecule has 0 aliphatic carbocycles. The molecule has 162 valence electrons. The second kappa shape index (κ2) is 9.08. The molecule has 32 heavy (non-hydrogen) atoms. The van der Waals surface area contributed by atoms with Gasteiger partial charge in [-0.3, -0.25) is 9.98 Å². The molecule has 9 nitrogen and oxygen atoms in total. The molecule has 1 heterocycles. The van der Waals surface area contributed by atoms with Crippen LogP contribution in [0.25, 0.3) is 11.0 Å². The fraction of sp³-hybridized carbons (Fsp3) is 0.0909. The maximum absolute atomic E-state index is 11.1. The van der Waals surface area contributed by atoms with Gasteiger partial charge in [0, 0.05) is 0 Å². The molecule has 10 heteroatoms. The number of azo groups is 1. The minimum Gasteiger partial charge on any atom is -0.303 e. The number of para-hydroxylation sites is 2. The Bertz CT molecular complexity index is 1390. The van der Waals surface area contributed by atoms with Crippen LogP contribution in [0.15, 0.2) is 99.1 Å². The number of hydrogen-bond acceptors (Lipinski definition) is 6. The van der Waals surface area contributed by atoms with Crippen LogP contribution in [0.4, 0.5) is 11.6 Å². The van der Waals surface area contributed by atoms with E-state index in [1.165, 1.54) is 24.3 Å². The summed E-state index contributed by atoms with van der Waals surface area (Å²) in [7, 11) is -4.23. The molecular weight excluding hydrogens is 428 g/mol. The highest BCUT2D eigenvalue weighted by Gasteiger charge is 2.11. The van der Waals surface area contributed by atoms with Gasteiger partial charge in [0.2, 0.25) is 0 Å². The van der Waals surface area contributed by atoms with E-state index in [1.54, 1.807) is 6.92 Å². The molecule has 4 aromatic rings. The Morgan fingerprint density at radius 2 is 1.69 bits per heavy atom. The summed E-state index contributed by atoms with van der Waals surface area (Å²) in [6.07, 6.45) is 0. The number of benzene rings is 3. The Hall–Kier alpha value is -3.89. The van der Waals surface area contributed by atoms with Crippen LogP contribution in [-0.2, 0) is 16.7 Å². The molecule has 0 aliphatic heterocycles. The number of anilines is 1. The van der Waals surface area contributed by atoms with Gasteiger partial charge in [0.25, 0.3) is 16.1 Å². The molecule has 0 spiro atoms. The number of imidazole rings is 1. The van der Waals surface area contributed by atoms with Gasteiger partial charge in [0.1, 0.15) is 0 Å². The number of hydrazone groups is 1. The van der Waals surface area contributed by atoms with Crippen LogP contribution in [0.2, 0.25) is 0 Å². The van der Waals surface area contributed by atoms with Crippen molar-refractivity contribution in [2.75, 3.05) is 5.43 Å². The molecule has 3 aromatic carbocycles. The highest BCUT2D eigenvalue weighted by molar-refractivity contribution is 7.85. The zero-order chi connectivity index (χ0) is 22.6. The van der Waals surface area contributed by atoms with Crippen LogP contribution >= 0.6 is 0 Å². The van der Waals surface area contributed by atoms with Crippen molar-refractivity contribution in [3.05, 3.63) is 84.4 Å².